The van der Waals surface area contributed by atoms with Crippen LogP contribution in [0.15, 0.2) is 65.0 Å². The van der Waals surface area contributed by atoms with Gasteiger partial charge in [-0.3, -0.25) is 4.79 Å². The van der Waals surface area contributed by atoms with Gasteiger partial charge in [0.2, 0.25) is 11.1 Å². The zero-order chi connectivity index (χ0) is 24.9. The Hall–Kier alpha value is -3.26. The largest absolute Gasteiger partial charge is 0.491 e. The van der Waals surface area contributed by atoms with Crippen LogP contribution in [0, 0.1) is 6.92 Å². The Kier molecular flexibility index (Phi) is 7.80. The predicted molar refractivity (Wildman–Crippen MR) is 142 cm³/mol. The molecule has 3 aromatic rings. The Morgan fingerprint density at radius 3 is 2.74 bits per heavy atom. The van der Waals surface area contributed by atoms with Crippen LogP contribution in [-0.4, -0.2) is 32.5 Å². The third-order valence-corrected chi connectivity index (χ3v) is 6.55. The maximum absolute atomic E-state index is 13.7. The summed E-state index contributed by atoms with van der Waals surface area (Å²) >= 11 is 1.64. The number of hydrogen-bond donors (Lipinski definition) is 2. The number of aromatic nitrogens is 3. The van der Waals surface area contributed by atoms with Gasteiger partial charge >= 0.3 is 0 Å². The normalized spacial score (nSPS) is 15.1. The second-order valence-electron chi connectivity index (χ2n) is 8.99. The molecule has 0 spiro atoms. The molecular formula is C27H33N5O2S. The molecule has 1 amide bonds. The molecule has 184 valence electrons. The first-order valence-corrected chi connectivity index (χ1v) is 13.1. The number of unbranched alkanes of at least 4 members (excludes halogenated alkanes) is 1. The maximum atomic E-state index is 13.7. The van der Waals surface area contributed by atoms with Gasteiger partial charge in [0, 0.05) is 17.1 Å². The van der Waals surface area contributed by atoms with Crippen molar-refractivity contribution in [3.8, 4) is 5.75 Å². The van der Waals surface area contributed by atoms with Gasteiger partial charge in [-0.1, -0.05) is 49.4 Å². The van der Waals surface area contributed by atoms with Crippen molar-refractivity contribution >= 4 is 29.3 Å². The van der Waals surface area contributed by atoms with Crippen LogP contribution >= 0.6 is 11.8 Å². The highest BCUT2D eigenvalue weighted by atomic mass is 32.2. The highest BCUT2D eigenvalue weighted by Gasteiger charge is 2.34. The van der Waals surface area contributed by atoms with E-state index >= 15 is 0 Å². The molecule has 1 aromatic heterocycles. The van der Waals surface area contributed by atoms with Gasteiger partial charge in [-0.2, -0.15) is 4.98 Å². The molecule has 7 nitrogen and oxygen atoms in total. The van der Waals surface area contributed by atoms with Crippen molar-refractivity contribution in [2.75, 3.05) is 16.4 Å². The number of anilines is 2. The molecule has 0 fully saturated rings. The first-order valence-electron chi connectivity index (χ1n) is 12.1. The number of ether oxygens (including phenoxy) is 1. The van der Waals surface area contributed by atoms with Crippen LogP contribution in [0.25, 0.3) is 0 Å². The number of hydrogen-bond acceptors (Lipinski definition) is 6. The SMILES string of the molecule is CCCCSc1nc2n(n1)C(c1cccc(OC(C)C)c1)C(C(=O)Nc1cccc(C)c1)=C(C)N2. The number of aryl methyl sites for hydroxylation is 1. The zero-order valence-corrected chi connectivity index (χ0v) is 21.8. The molecule has 2 heterocycles. The molecule has 0 saturated carbocycles. The van der Waals surface area contributed by atoms with E-state index in [1.54, 1.807) is 11.8 Å². The topological polar surface area (TPSA) is 81.1 Å². The Morgan fingerprint density at radius 2 is 2.00 bits per heavy atom. The third-order valence-electron chi connectivity index (χ3n) is 5.63. The Balaban J connectivity index is 1.74. The lowest BCUT2D eigenvalue weighted by Gasteiger charge is -2.29. The third kappa shape index (κ3) is 5.88. The molecule has 0 bridgehead atoms. The minimum absolute atomic E-state index is 0.0446. The van der Waals surface area contributed by atoms with E-state index < -0.39 is 6.04 Å². The summed E-state index contributed by atoms with van der Waals surface area (Å²) in [6.45, 7) is 10.1. The Bertz CT molecular complexity index is 1230. The molecule has 0 aliphatic carbocycles. The lowest BCUT2D eigenvalue weighted by Crippen LogP contribution is -2.31. The van der Waals surface area contributed by atoms with Gasteiger partial charge in [0.15, 0.2) is 0 Å². The Labute approximate surface area is 211 Å². The zero-order valence-electron chi connectivity index (χ0n) is 21.0. The highest BCUT2D eigenvalue weighted by molar-refractivity contribution is 7.99. The van der Waals surface area contributed by atoms with E-state index in [4.69, 9.17) is 14.8 Å². The average molecular weight is 492 g/mol. The standard InChI is InChI=1S/C27H33N5O2S/c1-6-7-14-35-27-30-26-28-19(5)23(25(33)29-21-12-8-10-18(4)15-21)24(32(26)31-27)20-11-9-13-22(16-20)34-17(2)3/h8-13,15-17,24H,6-7,14H2,1-5H3,(H,29,33)(H,28,30,31). The molecule has 35 heavy (non-hydrogen) atoms. The molecule has 0 saturated heterocycles. The fourth-order valence-corrected chi connectivity index (χ4v) is 4.97. The van der Waals surface area contributed by atoms with E-state index in [9.17, 15) is 4.79 Å². The molecule has 0 radical (unpaired) electrons. The molecule has 1 unspecified atom stereocenters. The van der Waals surface area contributed by atoms with Gasteiger partial charge in [0.1, 0.15) is 11.8 Å². The number of rotatable bonds is 9. The monoisotopic (exact) mass is 491 g/mol. The van der Waals surface area contributed by atoms with E-state index in [-0.39, 0.29) is 12.0 Å². The van der Waals surface area contributed by atoms with E-state index in [1.807, 2.05) is 80.9 Å². The van der Waals surface area contributed by atoms with Crippen molar-refractivity contribution in [3.05, 3.63) is 70.9 Å². The Morgan fingerprint density at radius 1 is 1.20 bits per heavy atom. The van der Waals surface area contributed by atoms with Gasteiger partial charge in [-0.25, -0.2) is 4.68 Å². The van der Waals surface area contributed by atoms with Crippen molar-refractivity contribution in [2.45, 2.75) is 64.8 Å². The number of fused-ring (bicyclic) bond motifs is 1. The lowest BCUT2D eigenvalue weighted by molar-refractivity contribution is -0.113. The van der Waals surface area contributed by atoms with Crippen molar-refractivity contribution in [1.29, 1.82) is 0 Å². The van der Waals surface area contributed by atoms with Crippen LogP contribution in [0.4, 0.5) is 11.6 Å². The first kappa shape index (κ1) is 24.9. The summed E-state index contributed by atoms with van der Waals surface area (Å²) in [6.07, 6.45) is 2.26. The number of carbonyl (C=O) groups excluding carboxylic acids is 1. The van der Waals surface area contributed by atoms with E-state index in [2.05, 4.69) is 17.6 Å². The lowest BCUT2D eigenvalue weighted by atomic mass is 9.94. The minimum atomic E-state index is -0.445. The summed E-state index contributed by atoms with van der Waals surface area (Å²) in [6, 6.07) is 15.2. The second-order valence-corrected chi connectivity index (χ2v) is 10.1. The van der Waals surface area contributed by atoms with Crippen molar-refractivity contribution < 1.29 is 9.53 Å². The second kappa shape index (κ2) is 11.0. The molecular weight excluding hydrogens is 458 g/mol. The summed E-state index contributed by atoms with van der Waals surface area (Å²) in [4.78, 5) is 18.4. The number of allylic oxidation sites excluding steroid dienone is 1. The van der Waals surface area contributed by atoms with E-state index in [0.29, 0.717) is 16.7 Å². The minimum Gasteiger partial charge on any atom is -0.491 e. The van der Waals surface area contributed by atoms with Crippen molar-refractivity contribution in [1.82, 2.24) is 14.8 Å². The van der Waals surface area contributed by atoms with Crippen LogP contribution in [0.2, 0.25) is 0 Å². The van der Waals surface area contributed by atoms with Crippen LogP contribution < -0.4 is 15.4 Å². The predicted octanol–water partition coefficient (Wildman–Crippen LogP) is 6.19. The summed E-state index contributed by atoms with van der Waals surface area (Å²) in [7, 11) is 0. The van der Waals surface area contributed by atoms with Crippen LogP contribution in [0.1, 0.15) is 57.7 Å². The fraction of sp³-hybridized carbons (Fsp3) is 0.370. The van der Waals surface area contributed by atoms with Gasteiger partial charge in [-0.05, 0) is 69.5 Å². The highest BCUT2D eigenvalue weighted by Crippen LogP contribution is 2.38. The van der Waals surface area contributed by atoms with Crippen LogP contribution in [0.3, 0.4) is 0 Å². The van der Waals surface area contributed by atoms with E-state index in [1.165, 1.54) is 0 Å². The summed E-state index contributed by atoms with van der Waals surface area (Å²) < 4.78 is 7.77. The van der Waals surface area contributed by atoms with Crippen LogP contribution in [-0.2, 0) is 4.79 Å². The number of nitrogens with one attached hydrogen (secondary N) is 2. The number of nitrogens with zero attached hydrogens (tertiary/aromatic N) is 3. The van der Waals surface area contributed by atoms with Crippen molar-refractivity contribution in [2.24, 2.45) is 0 Å². The molecule has 1 atom stereocenters. The van der Waals surface area contributed by atoms with Gasteiger partial charge in [-0.15, -0.1) is 5.10 Å². The first-order chi connectivity index (χ1) is 16.9. The summed E-state index contributed by atoms with van der Waals surface area (Å²) in [5.41, 5.74) is 4.09. The number of carbonyl (C=O) groups is 1. The van der Waals surface area contributed by atoms with E-state index in [0.717, 1.165) is 46.9 Å². The molecule has 2 aromatic carbocycles. The van der Waals surface area contributed by atoms with Crippen molar-refractivity contribution in [3.63, 3.8) is 0 Å². The molecule has 2 N–H and O–H groups in total. The quantitative estimate of drug-likeness (QED) is 0.274. The summed E-state index contributed by atoms with van der Waals surface area (Å²) in [5, 5.41) is 11.9. The average Bonchev–Trinajstić information content (AvgIpc) is 3.20. The number of amides is 1. The van der Waals surface area contributed by atoms with Gasteiger partial charge in [0.25, 0.3) is 5.91 Å². The molecule has 1 aliphatic rings. The molecule has 8 heteroatoms. The maximum Gasteiger partial charge on any atom is 0.255 e. The summed E-state index contributed by atoms with van der Waals surface area (Å²) in [5.74, 6) is 2.16. The van der Waals surface area contributed by atoms with Gasteiger partial charge in [0.05, 0.1) is 11.7 Å². The fourth-order valence-electron chi connectivity index (χ4n) is 4.05. The number of thioether (sulfide) groups is 1. The number of benzene rings is 2. The van der Waals surface area contributed by atoms with Crippen LogP contribution in [0.5, 0.6) is 5.75 Å². The smallest absolute Gasteiger partial charge is 0.255 e. The molecule has 1 aliphatic heterocycles. The van der Waals surface area contributed by atoms with Gasteiger partial charge < -0.3 is 15.4 Å². The molecule has 4 rings (SSSR count).